The monoisotopic (exact) mass is 606 g/mol. The highest BCUT2D eigenvalue weighted by atomic mass is 16.4. The number of anilines is 2. The van der Waals surface area contributed by atoms with Crippen molar-refractivity contribution in [2.75, 3.05) is 9.80 Å². The number of carboxylic acids is 2. The average molecular weight is 607 g/mol. The predicted octanol–water partition coefficient (Wildman–Crippen LogP) is 3.83. The maximum Gasteiger partial charge on any atom is 0.335 e. The molecule has 4 aliphatic rings. The van der Waals surface area contributed by atoms with Gasteiger partial charge in [0.15, 0.2) is 0 Å². The molecule has 2 saturated heterocycles. The summed E-state index contributed by atoms with van der Waals surface area (Å²) >= 11 is 0. The Bertz CT molecular complexity index is 1860. The zero-order valence-corrected chi connectivity index (χ0v) is 23.6. The van der Waals surface area contributed by atoms with Gasteiger partial charge in [-0.1, -0.05) is 35.9 Å². The quantitative estimate of drug-likeness (QED) is 0.289. The molecule has 226 valence electrons. The van der Waals surface area contributed by atoms with Crippen LogP contribution >= 0.6 is 0 Å². The first kappa shape index (κ1) is 28.2. The van der Waals surface area contributed by atoms with Gasteiger partial charge in [0.05, 0.1) is 46.2 Å². The van der Waals surface area contributed by atoms with Crippen molar-refractivity contribution in [2.45, 2.75) is 18.8 Å². The molecule has 3 N–H and O–H groups in total. The standard InChI is InChI=1S/C34H26N2O9/c37-21-9-7-16(8-10-21)26-22-11-12-23-27(31(40)35(29(23)38)19-5-1-3-17(13-19)33(42)43)24(22)15-25-28(26)32(41)36(30(25)39)20-6-2-4-18(14-20)34(44)45/h1-11,13-14,23-28,37H,12,15H2,(H,42,43)(H,44,45)/t23-,24+,25+,26-,27-,28+/m0/s1. The molecule has 0 unspecified atom stereocenters. The first-order chi connectivity index (χ1) is 21.6. The Balaban J connectivity index is 1.31. The van der Waals surface area contributed by atoms with E-state index in [0.717, 1.165) is 15.4 Å². The van der Waals surface area contributed by atoms with Crippen molar-refractivity contribution in [1.29, 1.82) is 0 Å². The molecule has 1 saturated carbocycles. The van der Waals surface area contributed by atoms with Crippen molar-refractivity contribution in [1.82, 2.24) is 0 Å². The van der Waals surface area contributed by atoms with E-state index in [9.17, 15) is 44.1 Å². The van der Waals surface area contributed by atoms with Crippen molar-refractivity contribution >= 4 is 46.9 Å². The predicted molar refractivity (Wildman–Crippen MR) is 157 cm³/mol. The normalized spacial score (nSPS) is 27.2. The zero-order valence-electron chi connectivity index (χ0n) is 23.6. The molecule has 4 amide bonds. The number of aromatic hydroxyl groups is 1. The van der Waals surface area contributed by atoms with Gasteiger partial charge in [0.2, 0.25) is 23.6 Å². The molecule has 6 atom stereocenters. The number of allylic oxidation sites excluding steroid dienone is 2. The first-order valence-corrected chi connectivity index (χ1v) is 14.5. The Hall–Kier alpha value is -5.58. The van der Waals surface area contributed by atoms with E-state index in [1.165, 1.54) is 60.7 Å². The molecule has 7 rings (SSSR count). The molecule has 3 aromatic rings. The first-order valence-electron chi connectivity index (χ1n) is 14.5. The van der Waals surface area contributed by atoms with Crippen LogP contribution < -0.4 is 9.80 Å². The second kappa shape index (κ2) is 10.3. The van der Waals surface area contributed by atoms with E-state index in [2.05, 4.69) is 0 Å². The fraction of sp³-hybridized carbons (Fsp3) is 0.235. The Kier molecular flexibility index (Phi) is 6.43. The molecule has 3 aromatic carbocycles. The van der Waals surface area contributed by atoms with Gasteiger partial charge >= 0.3 is 11.9 Å². The van der Waals surface area contributed by atoms with Crippen LogP contribution in [0.15, 0.2) is 84.4 Å². The number of fused-ring (bicyclic) bond motifs is 4. The number of carboxylic acid groups (broad SMARTS) is 2. The van der Waals surface area contributed by atoms with E-state index in [-0.39, 0.29) is 41.1 Å². The van der Waals surface area contributed by atoms with E-state index in [0.29, 0.717) is 5.56 Å². The zero-order chi connectivity index (χ0) is 31.7. The molecule has 3 fully saturated rings. The number of imide groups is 2. The molecular formula is C34H26N2O9. The topological polar surface area (TPSA) is 170 Å². The molecular weight excluding hydrogens is 580 g/mol. The smallest absolute Gasteiger partial charge is 0.335 e. The third kappa shape index (κ3) is 4.26. The van der Waals surface area contributed by atoms with Gasteiger partial charge in [0.25, 0.3) is 0 Å². The van der Waals surface area contributed by atoms with Crippen LogP contribution in [0.25, 0.3) is 0 Å². The molecule has 2 heterocycles. The molecule has 0 bridgehead atoms. The molecule has 0 aromatic heterocycles. The largest absolute Gasteiger partial charge is 0.508 e. The van der Waals surface area contributed by atoms with Crippen molar-refractivity contribution in [2.24, 2.45) is 29.6 Å². The summed E-state index contributed by atoms with van der Waals surface area (Å²) in [6, 6.07) is 17.5. The van der Waals surface area contributed by atoms with E-state index in [4.69, 9.17) is 0 Å². The van der Waals surface area contributed by atoms with Gasteiger partial charge in [-0.15, -0.1) is 0 Å². The van der Waals surface area contributed by atoms with Crippen molar-refractivity contribution in [3.05, 3.63) is 101 Å². The minimum Gasteiger partial charge on any atom is -0.508 e. The second-order valence-electron chi connectivity index (χ2n) is 11.9. The van der Waals surface area contributed by atoms with E-state index in [1.807, 2.05) is 6.08 Å². The van der Waals surface area contributed by atoms with Gasteiger partial charge in [0.1, 0.15) is 5.75 Å². The van der Waals surface area contributed by atoms with Crippen LogP contribution in [0.4, 0.5) is 11.4 Å². The maximum absolute atomic E-state index is 14.1. The number of carbonyl (C=O) groups is 6. The van der Waals surface area contributed by atoms with Crippen LogP contribution in [-0.4, -0.2) is 50.9 Å². The summed E-state index contributed by atoms with van der Waals surface area (Å²) in [5, 5.41) is 29.0. The summed E-state index contributed by atoms with van der Waals surface area (Å²) in [6.45, 7) is 0. The lowest BCUT2D eigenvalue weighted by Gasteiger charge is -2.44. The van der Waals surface area contributed by atoms with Gasteiger partial charge in [-0.25, -0.2) is 9.59 Å². The van der Waals surface area contributed by atoms with Crippen LogP contribution in [0.5, 0.6) is 5.75 Å². The van der Waals surface area contributed by atoms with Crippen LogP contribution in [-0.2, 0) is 19.2 Å². The van der Waals surface area contributed by atoms with Crippen LogP contribution in [0, 0.1) is 29.6 Å². The van der Waals surface area contributed by atoms with Gasteiger partial charge in [-0.3, -0.25) is 29.0 Å². The number of phenols is 1. The number of hydrogen-bond acceptors (Lipinski definition) is 7. The minimum atomic E-state index is -1.21. The minimum absolute atomic E-state index is 0.0112. The van der Waals surface area contributed by atoms with Crippen molar-refractivity contribution < 1.29 is 44.1 Å². The molecule has 0 radical (unpaired) electrons. The van der Waals surface area contributed by atoms with Crippen molar-refractivity contribution in [3.63, 3.8) is 0 Å². The summed E-state index contributed by atoms with van der Waals surface area (Å²) in [4.78, 5) is 81.2. The van der Waals surface area contributed by atoms with Crippen LogP contribution in [0.3, 0.4) is 0 Å². The Morgan fingerprint density at radius 1 is 0.644 bits per heavy atom. The van der Waals surface area contributed by atoms with Gasteiger partial charge in [-0.05, 0) is 72.9 Å². The molecule has 45 heavy (non-hydrogen) atoms. The SMILES string of the molecule is O=C(O)c1cccc(N2C(=O)[C@H]3[C@H](CC=C4[C@H]3C[C@H]3C(=O)N(c5cccc(C(=O)O)c5)C(=O)[C@H]3[C@H]4c3ccc(O)cc3)C2=O)c1. The summed E-state index contributed by atoms with van der Waals surface area (Å²) in [7, 11) is 0. The summed E-state index contributed by atoms with van der Waals surface area (Å²) in [5.74, 6) is -8.85. The number of amides is 4. The number of nitrogens with zero attached hydrogens (tertiary/aromatic N) is 2. The van der Waals surface area contributed by atoms with Gasteiger partial charge in [0, 0.05) is 5.92 Å². The second-order valence-corrected chi connectivity index (χ2v) is 11.9. The fourth-order valence-electron chi connectivity index (χ4n) is 7.71. The molecule has 2 aliphatic heterocycles. The van der Waals surface area contributed by atoms with E-state index in [1.54, 1.807) is 12.1 Å². The highest BCUT2D eigenvalue weighted by Crippen LogP contribution is 2.58. The molecule has 0 spiro atoms. The van der Waals surface area contributed by atoms with Gasteiger partial charge in [-0.2, -0.15) is 0 Å². The number of benzene rings is 3. The average Bonchev–Trinajstić information content (AvgIpc) is 3.44. The van der Waals surface area contributed by atoms with Crippen LogP contribution in [0.2, 0.25) is 0 Å². The maximum atomic E-state index is 14.1. The number of hydrogen-bond donors (Lipinski definition) is 3. The number of carbonyl (C=O) groups excluding carboxylic acids is 4. The lowest BCUT2D eigenvalue weighted by Crippen LogP contribution is -2.43. The summed E-state index contributed by atoms with van der Waals surface area (Å²) < 4.78 is 0. The van der Waals surface area contributed by atoms with E-state index >= 15 is 0 Å². The lowest BCUT2D eigenvalue weighted by atomic mass is 9.57. The number of rotatable bonds is 5. The Labute approximate surface area is 256 Å². The van der Waals surface area contributed by atoms with Crippen molar-refractivity contribution in [3.8, 4) is 5.75 Å². The number of aromatic carboxylic acids is 2. The van der Waals surface area contributed by atoms with Gasteiger partial charge < -0.3 is 15.3 Å². The highest BCUT2D eigenvalue weighted by Gasteiger charge is 2.62. The summed E-state index contributed by atoms with van der Waals surface area (Å²) in [6.07, 6.45) is 2.22. The third-order valence-corrected chi connectivity index (χ3v) is 9.60. The highest BCUT2D eigenvalue weighted by molar-refractivity contribution is 6.24. The Morgan fingerprint density at radius 3 is 1.73 bits per heavy atom. The molecule has 11 nitrogen and oxygen atoms in total. The molecule has 2 aliphatic carbocycles. The summed E-state index contributed by atoms with van der Waals surface area (Å²) in [5.41, 5.74) is 1.54. The Morgan fingerprint density at radius 2 is 1.18 bits per heavy atom. The molecule has 11 heteroatoms. The third-order valence-electron chi connectivity index (χ3n) is 9.60. The number of phenolic OH excluding ortho intramolecular Hbond substituents is 1. The fourth-order valence-corrected chi connectivity index (χ4v) is 7.71. The van der Waals surface area contributed by atoms with Crippen LogP contribution in [0.1, 0.15) is 45.0 Å². The van der Waals surface area contributed by atoms with E-state index < -0.39 is 71.1 Å². The lowest BCUT2D eigenvalue weighted by molar-refractivity contribution is -0.126.